The summed E-state index contributed by atoms with van der Waals surface area (Å²) in [4.78, 5) is 36.7. The lowest BCUT2D eigenvalue weighted by molar-refractivity contribution is -0.889. The summed E-state index contributed by atoms with van der Waals surface area (Å²) in [6, 6.07) is -0.724. The van der Waals surface area contributed by atoms with E-state index in [1.165, 1.54) is 77.0 Å². The quantitative estimate of drug-likeness (QED) is 0.0277. The van der Waals surface area contributed by atoms with E-state index in [0.29, 0.717) is 12.8 Å². The number of ether oxygens (including phenoxy) is 3. The topological polar surface area (TPSA) is 102 Å². The molecule has 0 aliphatic heterocycles. The second-order valence-electron chi connectivity index (χ2n) is 14.9. The van der Waals surface area contributed by atoms with Crippen molar-refractivity contribution in [2.75, 3.05) is 41.0 Å². The van der Waals surface area contributed by atoms with Gasteiger partial charge in [-0.1, -0.05) is 134 Å². The van der Waals surface area contributed by atoms with Crippen molar-refractivity contribution >= 4 is 17.9 Å². The molecule has 0 saturated carbocycles. The normalized spacial score (nSPS) is 13.2. The molecule has 0 rings (SSSR count). The van der Waals surface area contributed by atoms with Gasteiger partial charge >= 0.3 is 11.9 Å². The van der Waals surface area contributed by atoms with Gasteiger partial charge in [0, 0.05) is 19.3 Å². The van der Waals surface area contributed by atoms with Crippen LogP contribution in [0.3, 0.4) is 0 Å². The average molecular weight is 708 g/mol. The van der Waals surface area contributed by atoms with Crippen LogP contribution in [0.1, 0.15) is 174 Å². The van der Waals surface area contributed by atoms with E-state index in [0.717, 1.165) is 64.2 Å². The predicted octanol–water partition coefficient (Wildman–Crippen LogP) is 9.19. The summed E-state index contributed by atoms with van der Waals surface area (Å²) >= 11 is 0. The molecule has 8 heteroatoms. The summed E-state index contributed by atoms with van der Waals surface area (Å²) in [7, 11) is 5.40. The number of rotatable bonds is 36. The molecule has 0 radical (unpaired) electrons. The maximum Gasteiger partial charge on any atom is 0.306 e. The van der Waals surface area contributed by atoms with Crippen LogP contribution >= 0.6 is 0 Å². The molecule has 8 nitrogen and oxygen atoms in total. The van der Waals surface area contributed by atoms with Gasteiger partial charge < -0.3 is 28.6 Å². The van der Waals surface area contributed by atoms with Gasteiger partial charge in [0.25, 0.3) is 0 Å². The highest BCUT2D eigenvalue weighted by molar-refractivity contribution is 5.70. The van der Waals surface area contributed by atoms with E-state index >= 15 is 0 Å². The maximum absolute atomic E-state index is 12.7. The van der Waals surface area contributed by atoms with E-state index in [4.69, 9.17) is 14.2 Å². The van der Waals surface area contributed by atoms with Gasteiger partial charge in [-0.15, -0.1) is 0 Å². The molecule has 292 valence electrons. The highest BCUT2D eigenvalue weighted by Crippen LogP contribution is 2.13. The second-order valence-corrected chi connectivity index (χ2v) is 14.9. The first-order valence-electron chi connectivity index (χ1n) is 20.4. The highest BCUT2D eigenvalue weighted by atomic mass is 16.6. The first-order chi connectivity index (χ1) is 24.1. The van der Waals surface area contributed by atoms with Crippen molar-refractivity contribution in [3.8, 4) is 0 Å². The van der Waals surface area contributed by atoms with Crippen LogP contribution < -0.4 is 5.11 Å². The molecule has 0 N–H and O–H groups in total. The zero-order chi connectivity index (χ0) is 37.1. The van der Waals surface area contributed by atoms with Crippen molar-refractivity contribution in [2.24, 2.45) is 0 Å². The number of nitrogens with zero attached hydrogens (tertiary/aromatic N) is 1. The Morgan fingerprint density at radius 1 is 0.600 bits per heavy atom. The fraction of sp³-hybridized carbons (Fsp3) is 0.833. The second kappa shape index (κ2) is 33.9. The van der Waals surface area contributed by atoms with Gasteiger partial charge in [0.1, 0.15) is 12.6 Å². The number of quaternary nitrogens is 1. The van der Waals surface area contributed by atoms with Crippen molar-refractivity contribution < 1.29 is 38.2 Å². The molecular weight excluding hydrogens is 630 g/mol. The van der Waals surface area contributed by atoms with Crippen LogP contribution in [0.15, 0.2) is 24.3 Å². The van der Waals surface area contributed by atoms with Gasteiger partial charge in [-0.05, 0) is 44.9 Å². The Labute approximate surface area is 307 Å². The Morgan fingerprint density at radius 2 is 1.06 bits per heavy atom. The minimum Gasteiger partial charge on any atom is -0.544 e. The molecule has 0 aromatic heterocycles. The number of carboxylic acid groups (broad SMARTS) is 1. The lowest BCUT2D eigenvalue weighted by Crippen LogP contribution is -2.55. The van der Waals surface area contributed by atoms with Gasteiger partial charge in [-0.3, -0.25) is 9.59 Å². The Hall–Kier alpha value is -2.19. The summed E-state index contributed by atoms with van der Waals surface area (Å²) in [6.45, 7) is 4.61. The SMILES string of the molecule is CCCCCC/C=C\C/C=C\CCCCCCCC(=O)OC(COCCC(C(=O)[O-])[N+](C)(C)C)COC(=O)CCCCCCCCCCCC. The molecule has 0 aromatic rings. The number of unbranched alkanes of at least 4 members (excludes halogenated alkanes) is 18. The van der Waals surface area contributed by atoms with Crippen LogP contribution in [-0.4, -0.2) is 75.5 Å². The third-order valence-electron chi connectivity index (χ3n) is 9.09. The Kier molecular flexibility index (Phi) is 32.4. The molecule has 0 amide bonds. The van der Waals surface area contributed by atoms with Crippen LogP contribution in [0.5, 0.6) is 0 Å². The highest BCUT2D eigenvalue weighted by Gasteiger charge is 2.25. The number of carboxylic acids is 1. The zero-order valence-corrected chi connectivity index (χ0v) is 33.1. The monoisotopic (exact) mass is 708 g/mol. The van der Waals surface area contributed by atoms with Gasteiger partial charge in [0.15, 0.2) is 6.10 Å². The van der Waals surface area contributed by atoms with Crippen LogP contribution in [-0.2, 0) is 28.6 Å². The van der Waals surface area contributed by atoms with Crippen LogP contribution in [0, 0.1) is 0 Å². The number of carbonyl (C=O) groups is 3. The van der Waals surface area contributed by atoms with Crippen molar-refractivity contribution in [1.29, 1.82) is 0 Å². The number of hydrogen-bond acceptors (Lipinski definition) is 7. The maximum atomic E-state index is 12.7. The van der Waals surface area contributed by atoms with Gasteiger partial charge in [-0.25, -0.2) is 0 Å². The molecule has 0 spiro atoms. The van der Waals surface area contributed by atoms with E-state index < -0.39 is 18.1 Å². The predicted molar refractivity (Wildman–Crippen MR) is 204 cm³/mol. The fourth-order valence-corrected chi connectivity index (χ4v) is 5.86. The van der Waals surface area contributed by atoms with E-state index in [2.05, 4.69) is 38.2 Å². The van der Waals surface area contributed by atoms with Crippen LogP contribution in [0.25, 0.3) is 0 Å². The molecule has 0 bridgehead atoms. The molecule has 0 aliphatic carbocycles. The third kappa shape index (κ3) is 31.8. The lowest BCUT2D eigenvalue weighted by atomic mass is 10.1. The van der Waals surface area contributed by atoms with Gasteiger partial charge in [-0.2, -0.15) is 0 Å². The summed E-state index contributed by atoms with van der Waals surface area (Å²) in [5.41, 5.74) is 0. The first-order valence-corrected chi connectivity index (χ1v) is 20.4. The Morgan fingerprint density at radius 3 is 1.56 bits per heavy atom. The fourth-order valence-electron chi connectivity index (χ4n) is 5.86. The van der Waals surface area contributed by atoms with E-state index in [-0.39, 0.29) is 42.7 Å². The number of carbonyl (C=O) groups excluding carboxylic acids is 3. The minimum atomic E-state index is -1.13. The molecule has 2 atom stereocenters. The smallest absolute Gasteiger partial charge is 0.306 e. The molecule has 50 heavy (non-hydrogen) atoms. The molecule has 0 heterocycles. The van der Waals surface area contributed by atoms with Gasteiger partial charge in [0.05, 0.1) is 40.3 Å². The van der Waals surface area contributed by atoms with Crippen molar-refractivity contribution in [1.82, 2.24) is 0 Å². The summed E-state index contributed by atoms with van der Waals surface area (Å²) in [5.74, 6) is -1.75. The Bertz CT molecular complexity index is 880. The summed E-state index contributed by atoms with van der Waals surface area (Å²) in [6.07, 6.45) is 34.8. The largest absolute Gasteiger partial charge is 0.544 e. The molecule has 2 unspecified atom stereocenters. The Balaban J connectivity index is 4.40. The van der Waals surface area contributed by atoms with Gasteiger partial charge in [0.2, 0.25) is 0 Å². The molecule has 0 saturated heterocycles. The van der Waals surface area contributed by atoms with Crippen molar-refractivity contribution in [3.05, 3.63) is 24.3 Å². The first kappa shape index (κ1) is 47.8. The molecule has 0 aliphatic rings. The van der Waals surface area contributed by atoms with Crippen LogP contribution in [0.4, 0.5) is 0 Å². The summed E-state index contributed by atoms with van der Waals surface area (Å²) < 4.78 is 17.1. The van der Waals surface area contributed by atoms with E-state index in [1.54, 1.807) is 21.1 Å². The number of esters is 2. The number of allylic oxidation sites excluding steroid dienone is 4. The zero-order valence-electron chi connectivity index (χ0n) is 33.1. The minimum absolute atomic E-state index is 0.0381. The van der Waals surface area contributed by atoms with Crippen LogP contribution in [0.2, 0.25) is 0 Å². The summed E-state index contributed by atoms with van der Waals surface area (Å²) in [5, 5.41) is 11.6. The molecule has 0 fully saturated rings. The standard InChI is InChI=1S/C42H77NO7/c1-6-8-10-12-14-16-18-19-20-21-22-23-25-27-29-31-33-41(45)50-38(36-48-35-34-39(42(46)47)43(3,4)5)37-49-40(44)32-30-28-26-24-17-15-13-11-9-7-2/h16,18,20-21,38-39H,6-15,17,19,22-37H2,1-5H3/b18-16-,21-20-. The lowest BCUT2D eigenvalue weighted by Gasteiger charge is -2.34. The molecular formula is C42H77NO7. The number of aliphatic carboxylic acids is 1. The average Bonchev–Trinajstić information content (AvgIpc) is 3.06. The van der Waals surface area contributed by atoms with Crippen molar-refractivity contribution in [3.63, 3.8) is 0 Å². The molecule has 0 aromatic carbocycles. The van der Waals surface area contributed by atoms with E-state index in [9.17, 15) is 19.5 Å². The number of hydrogen-bond donors (Lipinski definition) is 0. The third-order valence-corrected chi connectivity index (χ3v) is 9.09. The van der Waals surface area contributed by atoms with E-state index in [1.807, 2.05) is 0 Å². The number of likely N-dealkylation sites (N-methyl/N-ethyl adjacent to an activating group) is 1. The van der Waals surface area contributed by atoms with Crippen molar-refractivity contribution in [2.45, 2.75) is 187 Å².